The molecule has 1 aliphatic carbocycles. The molecular weight excluding hydrogens is 270 g/mol. The molecule has 0 heterocycles. The van der Waals surface area contributed by atoms with E-state index in [1.807, 2.05) is 0 Å². The van der Waals surface area contributed by atoms with Gasteiger partial charge < -0.3 is 15.5 Å². The second-order valence-electron chi connectivity index (χ2n) is 5.67. The topological polar surface area (TPSA) is 86.6 Å². The molecule has 0 radical (unpaired) electrons. The summed E-state index contributed by atoms with van der Waals surface area (Å²) in [5.41, 5.74) is -0.769. The van der Waals surface area contributed by atoms with Crippen LogP contribution in [0.1, 0.15) is 59.2 Å². The minimum Gasteiger partial charge on any atom is -0.478 e. The van der Waals surface area contributed by atoms with Gasteiger partial charge in [0, 0.05) is 6.54 Å². The van der Waals surface area contributed by atoms with Crippen LogP contribution >= 0.6 is 0 Å². The van der Waals surface area contributed by atoms with Crippen molar-refractivity contribution >= 4 is 11.9 Å². The van der Waals surface area contributed by atoms with Crippen molar-refractivity contribution in [3.63, 3.8) is 0 Å². The Bertz CT molecular complexity index is 519. The number of carboxylic acids is 1. The summed E-state index contributed by atoms with van der Waals surface area (Å²) in [4.78, 5) is 23.3. The van der Waals surface area contributed by atoms with E-state index >= 15 is 0 Å². The summed E-state index contributed by atoms with van der Waals surface area (Å²) in [7, 11) is 0. The third kappa shape index (κ3) is 4.04. The highest BCUT2D eigenvalue weighted by atomic mass is 16.4. The van der Waals surface area contributed by atoms with E-state index in [0.29, 0.717) is 12.8 Å². The zero-order chi connectivity index (χ0) is 15.3. The molecule has 0 aliphatic heterocycles. The van der Waals surface area contributed by atoms with Crippen molar-refractivity contribution in [1.82, 2.24) is 5.32 Å². The Morgan fingerprint density at radius 3 is 2.19 bits per heavy atom. The number of hydrogen-bond donors (Lipinski definition) is 3. The maximum Gasteiger partial charge on any atom is 0.336 e. The highest BCUT2D eigenvalue weighted by Gasteiger charge is 2.29. The van der Waals surface area contributed by atoms with Crippen LogP contribution in [-0.2, 0) is 0 Å². The lowest BCUT2D eigenvalue weighted by molar-refractivity contribution is 0.0246. The lowest BCUT2D eigenvalue weighted by atomic mass is 9.94. The molecule has 0 unspecified atom stereocenters. The van der Waals surface area contributed by atoms with Gasteiger partial charge in [-0.15, -0.1) is 0 Å². The number of carbonyl (C=O) groups excluding carboxylic acids is 1. The lowest BCUT2D eigenvalue weighted by Gasteiger charge is -2.26. The number of carbonyl (C=O) groups is 2. The molecule has 0 saturated heterocycles. The van der Waals surface area contributed by atoms with Crippen LogP contribution in [0.5, 0.6) is 0 Å². The van der Waals surface area contributed by atoms with Gasteiger partial charge in [0.1, 0.15) is 0 Å². The highest BCUT2D eigenvalue weighted by Crippen LogP contribution is 2.26. The Morgan fingerprint density at radius 2 is 1.62 bits per heavy atom. The van der Waals surface area contributed by atoms with E-state index in [2.05, 4.69) is 5.32 Å². The zero-order valence-corrected chi connectivity index (χ0v) is 12.0. The third-order valence-corrected chi connectivity index (χ3v) is 4.01. The molecule has 0 spiro atoms. The summed E-state index contributed by atoms with van der Waals surface area (Å²) >= 11 is 0. The van der Waals surface area contributed by atoms with Gasteiger partial charge in [-0.05, 0) is 25.0 Å². The number of amides is 1. The van der Waals surface area contributed by atoms with Gasteiger partial charge in [0.05, 0.1) is 16.7 Å². The molecule has 0 bridgehead atoms. The second-order valence-corrected chi connectivity index (χ2v) is 5.67. The molecular formula is C16H21NO4. The van der Waals surface area contributed by atoms with E-state index in [4.69, 9.17) is 5.11 Å². The molecule has 5 nitrogen and oxygen atoms in total. The Kier molecular flexibility index (Phi) is 4.96. The second kappa shape index (κ2) is 6.72. The molecule has 1 fully saturated rings. The number of rotatable bonds is 4. The molecule has 0 aromatic heterocycles. The van der Waals surface area contributed by atoms with E-state index in [-0.39, 0.29) is 17.7 Å². The van der Waals surface area contributed by atoms with Crippen molar-refractivity contribution in [2.45, 2.75) is 44.1 Å². The number of nitrogens with one attached hydrogen (secondary N) is 1. The maximum absolute atomic E-state index is 12.2. The average molecular weight is 291 g/mol. The summed E-state index contributed by atoms with van der Waals surface area (Å²) in [6.45, 7) is 0.166. The summed E-state index contributed by atoms with van der Waals surface area (Å²) in [5.74, 6) is -1.58. The largest absolute Gasteiger partial charge is 0.478 e. The van der Waals surface area contributed by atoms with Crippen molar-refractivity contribution in [1.29, 1.82) is 0 Å². The van der Waals surface area contributed by atoms with Gasteiger partial charge in [-0.2, -0.15) is 0 Å². The monoisotopic (exact) mass is 291 g/mol. The predicted molar refractivity (Wildman–Crippen MR) is 78.4 cm³/mol. The average Bonchev–Trinajstić information content (AvgIpc) is 2.70. The fraction of sp³-hybridized carbons (Fsp3) is 0.500. The molecule has 1 saturated carbocycles. The van der Waals surface area contributed by atoms with Crippen LogP contribution in [0, 0.1) is 0 Å². The van der Waals surface area contributed by atoms with E-state index in [1.165, 1.54) is 12.1 Å². The predicted octanol–water partition coefficient (Wildman–Crippen LogP) is 2.20. The number of aliphatic hydroxyl groups is 1. The van der Waals surface area contributed by atoms with Crippen LogP contribution in [0.2, 0.25) is 0 Å². The molecule has 1 aromatic rings. The molecule has 1 amide bonds. The van der Waals surface area contributed by atoms with Crippen molar-refractivity contribution < 1.29 is 19.8 Å². The number of hydrogen-bond acceptors (Lipinski definition) is 3. The number of carboxylic acid groups (broad SMARTS) is 1. The van der Waals surface area contributed by atoms with Crippen LogP contribution in [-0.4, -0.2) is 34.2 Å². The highest BCUT2D eigenvalue weighted by molar-refractivity contribution is 6.04. The maximum atomic E-state index is 12.2. The van der Waals surface area contributed by atoms with E-state index in [0.717, 1.165) is 25.7 Å². The molecule has 1 aromatic carbocycles. The van der Waals surface area contributed by atoms with Gasteiger partial charge in [0.25, 0.3) is 5.91 Å². The Morgan fingerprint density at radius 1 is 1.05 bits per heavy atom. The van der Waals surface area contributed by atoms with Gasteiger partial charge in [-0.1, -0.05) is 37.8 Å². The first-order valence-corrected chi connectivity index (χ1v) is 7.35. The standard InChI is InChI=1S/C16H21NO4/c18-14(12-7-3-4-8-13(12)15(19)20)17-11-16(21)9-5-1-2-6-10-16/h3-4,7-8,21H,1-2,5-6,9-11H2,(H,17,18)(H,19,20). The first-order valence-electron chi connectivity index (χ1n) is 7.35. The molecule has 5 heteroatoms. The Balaban J connectivity index is 2.03. The first kappa shape index (κ1) is 15.5. The van der Waals surface area contributed by atoms with Crippen LogP contribution in [0.15, 0.2) is 24.3 Å². The van der Waals surface area contributed by atoms with Gasteiger partial charge >= 0.3 is 5.97 Å². The number of benzene rings is 1. The molecule has 3 N–H and O–H groups in total. The summed E-state index contributed by atoms with van der Waals surface area (Å²) in [6.07, 6.45) is 5.48. The Hall–Kier alpha value is -1.88. The van der Waals surface area contributed by atoms with E-state index < -0.39 is 17.5 Å². The molecule has 21 heavy (non-hydrogen) atoms. The van der Waals surface area contributed by atoms with Crippen molar-refractivity contribution in [3.05, 3.63) is 35.4 Å². The molecule has 1 aliphatic rings. The summed E-state index contributed by atoms with van der Waals surface area (Å²) in [6, 6.07) is 6.09. The zero-order valence-electron chi connectivity index (χ0n) is 12.0. The molecule has 0 atom stereocenters. The van der Waals surface area contributed by atoms with Gasteiger partial charge in [0.2, 0.25) is 0 Å². The van der Waals surface area contributed by atoms with Gasteiger partial charge in [-0.3, -0.25) is 4.79 Å². The molecule has 114 valence electrons. The van der Waals surface area contributed by atoms with Crippen LogP contribution in [0.4, 0.5) is 0 Å². The smallest absolute Gasteiger partial charge is 0.336 e. The van der Waals surface area contributed by atoms with Crippen LogP contribution in [0.25, 0.3) is 0 Å². The summed E-state index contributed by atoms with van der Waals surface area (Å²) < 4.78 is 0. The SMILES string of the molecule is O=C(O)c1ccccc1C(=O)NCC1(O)CCCCCC1. The van der Waals surface area contributed by atoms with Crippen molar-refractivity contribution in [2.24, 2.45) is 0 Å². The minimum absolute atomic E-state index is 0.0251. The summed E-state index contributed by atoms with van der Waals surface area (Å²) in [5, 5.41) is 22.3. The lowest BCUT2D eigenvalue weighted by Crippen LogP contribution is -2.42. The fourth-order valence-electron chi connectivity index (χ4n) is 2.77. The van der Waals surface area contributed by atoms with Crippen LogP contribution < -0.4 is 5.32 Å². The molecule has 2 rings (SSSR count). The van der Waals surface area contributed by atoms with E-state index in [9.17, 15) is 14.7 Å². The fourth-order valence-corrected chi connectivity index (χ4v) is 2.77. The third-order valence-electron chi connectivity index (χ3n) is 4.01. The minimum atomic E-state index is -1.13. The van der Waals surface area contributed by atoms with Crippen molar-refractivity contribution in [3.8, 4) is 0 Å². The van der Waals surface area contributed by atoms with E-state index in [1.54, 1.807) is 12.1 Å². The van der Waals surface area contributed by atoms with Gasteiger partial charge in [0.15, 0.2) is 0 Å². The quantitative estimate of drug-likeness (QED) is 0.742. The first-order chi connectivity index (χ1) is 10.0. The van der Waals surface area contributed by atoms with Gasteiger partial charge in [-0.25, -0.2) is 4.79 Å². The van der Waals surface area contributed by atoms with Crippen LogP contribution in [0.3, 0.4) is 0 Å². The van der Waals surface area contributed by atoms with Crippen molar-refractivity contribution in [2.75, 3.05) is 6.54 Å². The Labute approximate surface area is 124 Å². The number of aromatic carboxylic acids is 1. The normalized spacial score (nSPS) is 17.8.